The van der Waals surface area contributed by atoms with Crippen molar-refractivity contribution in [3.8, 4) is 5.75 Å². The molecule has 1 N–H and O–H groups in total. The number of halogens is 1. The van der Waals surface area contributed by atoms with Crippen molar-refractivity contribution < 1.29 is 9.84 Å². The largest absolute Gasteiger partial charge is 0.493 e. The van der Waals surface area contributed by atoms with E-state index in [0.717, 1.165) is 54.0 Å². The minimum absolute atomic E-state index is 0.563. The minimum Gasteiger partial charge on any atom is -0.493 e. The molecule has 0 aromatic heterocycles. The number of ether oxygens (including phenoxy) is 1. The van der Waals surface area contributed by atoms with Gasteiger partial charge in [0.25, 0.3) is 0 Å². The maximum absolute atomic E-state index is 11.0. The lowest BCUT2D eigenvalue weighted by molar-refractivity contribution is -0.0283. The monoisotopic (exact) mass is 338 g/mol. The van der Waals surface area contributed by atoms with E-state index in [0.29, 0.717) is 12.3 Å². The Hall–Kier alpha value is -0.540. The Morgan fingerprint density at radius 3 is 2.90 bits per heavy atom. The summed E-state index contributed by atoms with van der Waals surface area (Å²) in [4.78, 5) is 0. The van der Waals surface area contributed by atoms with Crippen LogP contribution in [0, 0.1) is 11.8 Å². The number of hydrogen-bond donors (Lipinski definition) is 1. The van der Waals surface area contributed by atoms with Crippen LogP contribution in [0.3, 0.4) is 0 Å². The molecule has 3 atom stereocenters. The van der Waals surface area contributed by atoms with Crippen molar-refractivity contribution in [3.05, 3.63) is 27.7 Å². The molecule has 0 bridgehead atoms. The first kappa shape index (κ1) is 14.4. The summed E-state index contributed by atoms with van der Waals surface area (Å²) in [7, 11) is 0. The number of fused-ring (bicyclic) bond motifs is 1. The molecule has 1 aliphatic heterocycles. The van der Waals surface area contributed by atoms with Crippen molar-refractivity contribution in [2.24, 2.45) is 11.8 Å². The average molecular weight is 339 g/mol. The van der Waals surface area contributed by atoms with Gasteiger partial charge in [0.1, 0.15) is 5.75 Å². The highest BCUT2D eigenvalue weighted by Gasteiger charge is 2.37. The maximum Gasteiger partial charge on any atom is 0.125 e. The van der Waals surface area contributed by atoms with E-state index in [-0.39, 0.29) is 0 Å². The van der Waals surface area contributed by atoms with Gasteiger partial charge in [-0.2, -0.15) is 0 Å². The van der Waals surface area contributed by atoms with Gasteiger partial charge in [0.05, 0.1) is 12.2 Å². The Kier molecular flexibility index (Phi) is 3.85. The lowest BCUT2D eigenvalue weighted by atomic mass is 9.71. The average Bonchev–Trinajstić information content (AvgIpc) is 2.82. The van der Waals surface area contributed by atoms with Gasteiger partial charge < -0.3 is 9.84 Å². The molecule has 0 spiro atoms. The Morgan fingerprint density at radius 2 is 2.15 bits per heavy atom. The van der Waals surface area contributed by atoms with Crippen molar-refractivity contribution in [3.63, 3.8) is 0 Å². The molecule has 3 rings (SSSR count). The number of hydrogen-bond acceptors (Lipinski definition) is 2. The van der Waals surface area contributed by atoms with Crippen LogP contribution >= 0.6 is 15.9 Å². The Bertz CT molecular complexity index is 514. The number of rotatable bonds is 2. The molecule has 20 heavy (non-hydrogen) atoms. The molecule has 1 heterocycles. The highest BCUT2D eigenvalue weighted by Crippen LogP contribution is 2.41. The fourth-order valence-corrected chi connectivity index (χ4v) is 4.23. The third-order valence-electron chi connectivity index (χ3n) is 5.08. The molecule has 1 aliphatic carbocycles. The summed E-state index contributed by atoms with van der Waals surface area (Å²) in [6, 6.07) is 4.26. The maximum atomic E-state index is 11.0. The summed E-state index contributed by atoms with van der Waals surface area (Å²) in [5.74, 6) is 2.34. The molecule has 3 heteroatoms. The second-order valence-corrected chi connectivity index (χ2v) is 7.67. The van der Waals surface area contributed by atoms with Crippen molar-refractivity contribution in [2.45, 2.75) is 51.6 Å². The van der Waals surface area contributed by atoms with Crippen LogP contribution < -0.4 is 4.74 Å². The molecular formula is C17H23BrO2. The lowest BCUT2D eigenvalue weighted by Crippen LogP contribution is -2.39. The van der Waals surface area contributed by atoms with Crippen molar-refractivity contribution in [1.29, 1.82) is 0 Å². The Morgan fingerprint density at radius 1 is 1.35 bits per heavy atom. The van der Waals surface area contributed by atoms with Gasteiger partial charge in [-0.1, -0.05) is 29.8 Å². The molecule has 110 valence electrons. The lowest BCUT2D eigenvalue weighted by Gasteiger charge is -2.39. The second kappa shape index (κ2) is 5.34. The van der Waals surface area contributed by atoms with Crippen LogP contribution in [0.2, 0.25) is 0 Å². The molecule has 1 saturated carbocycles. The predicted molar refractivity (Wildman–Crippen MR) is 84.2 cm³/mol. The SMILES string of the molecule is CC1CCC(O)(Cc2cc(Br)cc3c2OCC3)CC1C. The highest BCUT2D eigenvalue weighted by atomic mass is 79.9. The van der Waals surface area contributed by atoms with Crippen LogP contribution in [-0.4, -0.2) is 17.3 Å². The summed E-state index contributed by atoms with van der Waals surface area (Å²) in [6.45, 7) is 5.32. The van der Waals surface area contributed by atoms with Crippen LogP contribution in [0.4, 0.5) is 0 Å². The zero-order valence-corrected chi connectivity index (χ0v) is 13.9. The first-order valence-corrected chi connectivity index (χ1v) is 8.43. The Labute approximate surface area is 129 Å². The van der Waals surface area contributed by atoms with Gasteiger partial charge in [-0.3, -0.25) is 0 Å². The molecule has 1 aromatic carbocycles. The molecule has 3 unspecified atom stereocenters. The molecule has 1 fully saturated rings. The third kappa shape index (κ3) is 2.75. The van der Waals surface area contributed by atoms with E-state index in [4.69, 9.17) is 4.74 Å². The van der Waals surface area contributed by atoms with E-state index in [1.807, 2.05) is 0 Å². The quantitative estimate of drug-likeness (QED) is 0.879. The zero-order chi connectivity index (χ0) is 14.3. The van der Waals surface area contributed by atoms with Crippen molar-refractivity contribution >= 4 is 15.9 Å². The molecule has 2 nitrogen and oxygen atoms in total. The fourth-order valence-electron chi connectivity index (χ4n) is 3.68. The fraction of sp³-hybridized carbons (Fsp3) is 0.647. The molecule has 2 aliphatic rings. The van der Waals surface area contributed by atoms with Gasteiger partial charge in [-0.15, -0.1) is 0 Å². The van der Waals surface area contributed by atoms with E-state index in [9.17, 15) is 5.11 Å². The van der Waals surface area contributed by atoms with Crippen LogP contribution in [0.1, 0.15) is 44.2 Å². The summed E-state index contributed by atoms with van der Waals surface area (Å²) in [5.41, 5.74) is 1.87. The van der Waals surface area contributed by atoms with Crippen molar-refractivity contribution in [1.82, 2.24) is 0 Å². The number of benzene rings is 1. The van der Waals surface area contributed by atoms with Crippen LogP contribution in [0.5, 0.6) is 5.75 Å². The smallest absolute Gasteiger partial charge is 0.125 e. The van der Waals surface area contributed by atoms with Gasteiger partial charge in [-0.05, 0) is 54.4 Å². The zero-order valence-electron chi connectivity index (χ0n) is 12.3. The van der Waals surface area contributed by atoms with E-state index >= 15 is 0 Å². The first-order chi connectivity index (χ1) is 9.47. The minimum atomic E-state index is -0.563. The molecule has 0 amide bonds. The normalized spacial score (nSPS) is 32.8. The van der Waals surface area contributed by atoms with E-state index in [2.05, 4.69) is 41.9 Å². The van der Waals surface area contributed by atoms with Gasteiger partial charge in [0.2, 0.25) is 0 Å². The Balaban J connectivity index is 1.84. The summed E-state index contributed by atoms with van der Waals surface area (Å²) in [6.07, 6.45) is 4.61. The summed E-state index contributed by atoms with van der Waals surface area (Å²) >= 11 is 3.58. The van der Waals surface area contributed by atoms with Gasteiger partial charge in [0, 0.05) is 17.3 Å². The van der Waals surface area contributed by atoms with Gasteiger partial charge >= 0.3 is 0 Å². The summed E-state index contributed by atoms with van der Waals surface area (Å²) in [5, 5.41) is 11.0. The number of aliphatic hydroxyl groups is 1. The van der Waals surface area contributed by atoms with Gasteiger partial charge in [0.15, 0.2) is 0 Å². The highest BCUT2D eigenvalue weighted by molar-refractivity contribution is 9.10. The van der Waals surface area contributed by atoms with Crippen molar-refractivity contribution in [2.75, 3.05) is 6.61 Å². The first-order valence-electron chi connectivity index (χ1n) is 7.63. The van der Waals surface area contributed by atoms with E-state index in [1.165, 1.54) is 5.56 Å². The third-order valence-corrected chi connectivity index (χ3v) is 5.54. The topological polar surface area (TPSA) is 29.5 Å². The molecular weight excluding hydrogens is 316 g/mol. The molecule has 1 aromatic rings. The predicted octanol–water partition coefficient (Wildman–Crippen LogP) is 4.11. The summed E-state index contributed by atoms with van der Waals surface area (Å²) < 4.78 is 6.88. The standard InChI is InChI=1S/C17H23BrO2/c1-11-3-5-17(19,9-12(11)2)10-14-8-15(18)7-13-4-6-20-16(13)14/h7-8,11-12,19H,3-6,9-10H2,1-2H3. The van der Waals surface area contributed by atoms with Crippen LogP contribution in [0.25, 0.3) is 0 Å². The molecule has 0 radical (unpaired) electrons. The van der Waals surface area contributed by atoms with E-state index < -0.39 is 5.60 Å². The molecule has 0 saturated heterocycles. The van der Waals surface area contributed by atoms with E-state index in [1.54, 1.807) is 0 Å². The van der Waals surface area contributed by atoms with Crippen LogP contribution in [-0.2, 0) is 12.8 Å². The van der Waals surface area contributed by atoms with Crippen LogP contribution in [0.15, 0.2) is 16.6 Å². The van der Waals surface area contributed by atoms with Gasteiger partial charge in [-0.25, -0.2) is 0 Å². The second-order valence-electron chi connectivity index (χ2n) is 6.75.